The Morgan fingerprint density at radius 1 is 0.946 bits per heavy atom. The van der Waals surface area contributed by atoms with E-state index in [1.807, 2.05) is 54.6 Å². The van der Waals surface area contributed by atoms with Gasteiger partial charge in [-0.3, -0.25) is 4.40 Å². The van der Waals surface area contributed by atoms with Crippen LogP contribution in [0.5, 0.6) is 0 Å². The van der Waals surface area contributed by atoms with Crippen LogP contribution in [0.4, 0.5) is 11.4 Å². The van der Waals surface area contributed by atoms with Crippen LogP contribution in [-0.2, 0) is 19.5 Å². The average Bonchev–Trinajstić information content (AvgIpc) is 3.34. The maximum Gasteiger partial charge on any atom is 0.155 e. The molecule has 0 aliphatic carbocycles. The van der Waals surface area contributed by atoms with Gasteiger partial charge in [-0.15, -0.1) is 0 Å². The lowest BCUT2D eigenvalue weighted by atomic mass is 9.98. The smallest absolute Gasteiger partial charge is 0.155 e. The lowest BCUT2D eigenvalue weighted by Crippen LogP contribution is -2.16. The van der Waals surface area contributed by atoms with Gasteiger partial charge in [0, 0.05) is 38.5 Å². The summed E-state index contributed by atoms with van der Waals surface area (Å²) in [6, 6.07) is 26.4. The highest BCUT2D eigenvalue weighted by atomic mass is 79.9. The van der Waals surface area contributed by atoms with E-state index in [2.05, 4.69) is 59.9 Å². The standard InChI is InChI=1S/C29H25BrClN5S/c30-20-11-9-19(10-12-20)26-24-8-4-5-17-35-29(24)36(27(26)28(37)33-23-6-2-1-3-7-23)25(34-35)18-32-22-15-13-21(31)14-16-22/h1-3,6-7,9-16,32H,4-5,8,17-18H2,(H,33,37). The summed E-state index contributed by atoms with van der Waals surface area (Å²) in [4.78, 5) is 0.679. The van der Waals surface area contributed by atoms with Crippen molar-refractivity contribution >= 4 is 61.8 Å². The van der Waals surface area contributed by atoms with Crippen LogP contribution in [0.1, 0.15) is 29.9 Å². The molecular weight excluding hydrogens is 566 g/mol. The molecule has 3 aromatic carbocycles. The minimum Gasteiger partial charge on any atom is -0.378 e. The van der Waals surface area contributed by atoms with Crippen LogP contribution < -0.4 is 10.6 Å². The normalized spacial score (nSPS) is 12.9. The number of halogens is 2. The zero-order chi connectivity index (χ0) is 25.4. The lowest BCUT2D eigenvalue weighted by Gasteiger charge is -2.13. The number of aryl methyl sites for hydroxylation is 2. The third kappa shape index (κ3) is 4.79. The number of nitrogens with one attached hydrogen (secondary N) is 2. The Hall–Kier alpha value is -3.13. The minimum atomic E-state index is 0.556. The predicted octanol–water partition coefficient (Wildman–Crippen LogP) is 7.95. The largest absolute Gasteiger partial charge is 0.378 e. The molecule has 0 fully saturated rings. The molecule has 0 saturated carbocycles. The zero-order valence-corrected chi connectivity index (χ0v) is 23.2. The van der Waals surface area contributed by atoms with Gasteiger partial charge in [-0.05, 0) is 73.4 Å². The fraction of sp³-hybridized carbons (Fsp3) is 0.172. The van der Waals surface area contributed by atoms with Crippen molar-refractivity contribution in [1.29, 1.82) is 0 Å². The van der Waals surface area contributed by atoms with Crippen molar-refractivity contribution in [1.82, 2.24) is 14.2 Å². The highest BCUT2D eigenvalue weighted by molar-refractivity contribution is 9.10. The van der Waals surface area contributed by atoms with Gasteiger partial charge in [-0.25, -0.2) is 4.68 Å². The van der Waals surface area contributed by atoms with E-state index in [9.17, 15) is 0 Å². The summed E-state index contributed by atoms with van der Waals surface area (Å²) < 4.78 is 5.48. The van der Waals surface area contributed by atoms with E-state index in [0.29, 0.717) is 16.6 Å². The molecule has 0 radical (unpaired) electrons. The average molecular weight is 591 g/mol. The van der Waals surface area contributed by atoms with Crippen molar-refractivity contribution in [3.63, 3.8) is 0 Å². The number of benzene rings is 3. The number of hydrogen-bond donors (Lipinski definition) is 2. The minimum absolute atomic E-state index is 0.556. The second kappa shape index (κ2) is 10.3. The third-order valence-corrected chi connectivity index (χ3v) is 7.78. The molecule has 0 spiro atoms. The maximum absolute atomic E-state index is 6.11. The second-order valence-corrected chi connectivity index (χ2v) is 10.9. The second-order valence-electron chi connectivity index (χ2n) is 9.15. The molecule has 0 unspecified atom stereocenters. The summed E-state index contributed by atoms with van der Waals surface area (Å²) in [6.45, 7) is 1.44. The molecule has 1 aliphatic rings. The third-order valence-electron chi connectivity index (χ3n) is 6.70. The number of rotatable bonds is 6. The van der Waals surface area contributed by atoms with Crippen LogP contribution in [-0.4, -0.2) is 19.2 Å². The first-order valence-electron chi connectivity index (χ1n) is 12.3. The Bertz CT molecular complexity index is 1570. The molecule has 1 aliphatic heterocycles. The molecular formula is C29H25BrClN5S. The number of anilines is 2. The van der Waals surface area contributed by atoms with Gasteiger partial charge in [0.25, 0.3) is 0 Å². The van der Waals surface area contributed by atoms with E-state index < -0.39 is 0 Å². The molecule has 2 N–H and O–H groups in total. The molecule has 2 aromatic heterocycles. The summed E-state index contributed by atoms with van der Waals surface area (Å²) in [7, 11) is 0. The topological polar surface area (TPSA) is 46.3 Å². The molecule has 0 amide bonds. The Morgan fingerprint density at radius 2 is 1.70 bits per heavy atom. The van der Waals surface area contributed by atoms with Crippen LogP contribution in [0.2, 0.25) is 5.02 Å². The van der Waals surface area contributed by atoms with Crippen molar-refractivity contribution in [2.75, 3.05) is 10.6 Å². The first kappa shape index (κ1) is 24.2. The molecule has 186 valence electrons. The first-order chi connectivity index (χ1) is 18.1. The van der Waals surface area contributed by atoms with Crippen molar-refractivity contribution < 1.29 is 0 Å². The maximum atomic E-state index is 6.11. The highest BCUT2D eigenvalue weighted by Crippen LogP contribution is 2.38. The van der Waals surface area contributed by atoms with Crippen molar-refractivity contribution in [3.8, 4) is 11.1 Å². The fourth-order valence-electron chi connectivity index (χ4n) is 5.04. The number of nitrogens with zero attached hydrogens (tertiary/aromatic N) is 3. The molecule has 0 bridgehead atoms. The zero-order valence-electron chi connectivity index (χ0n) is 20.0. The number of thiocarbonyl (C=S) groups is 1. The molecule has 3 heterocycles. The first-order valence-corrected chi connectivity index (χ1v) is 13.9. The number of hydrogen-bond acceptors (Lipinski definition) is 3. The molecule has 8 heteroatoms. The molecule has 5 nitrogen and oxygen atoms in total. The summed E-state index contributed by atoms with van der Waals surface area (Å²) in [5.41, 5.74) is 7.71. The molecule has 37 heavy (non-hydrogen) atoms. The lowest BCUT2D eigenvalue weighted by molar-refractivity contribution is 0.583. The molecule has 0 saturated heterocycles. The van der Waals surface area contributed by atoms with Gasteiger partial charge in [0.05, 0.1) is 12.2 Å². The monoisotopic (exact) mass is 589 g/mol. The van der Waals surface area contributed by atoms with Crippen molar-refractivity contribution in [2.45, 2.75) is 32.4 Å². The highest BCUT2D eigenvalue weighted by Gasteiger charge is 2.29. The van der Waals surface area contributed by atoms with Gasteiger partial charge >= 0.3 is 0 Å². The van der Waals surface area contributed by atoms with Gasteiger partial charge in [-0.1, -0.05) is 70.1 Å². The summed E-state index contributed by atoms with van der Waals surface area (Å²) in [6.07, 6.45) is 3.19. The molecule has 6 rings (SSSR count). The summed E-state index contributed by atoms with van der Waals surface area (Å²) >= 11 is 15.8. The van der Waals surface area contributed by atoms with E-state index in [4.69, 9.17) is 28.9 Å². The van der Waals surface area contributed by atoms with Gasteiger partial charge < -0.3 is 10.6 Å². The summed E-state index contributed by atoms with van der Waals surface area (Å²) in [5.74, 6) is 0.920. The Kier molecular flexibility index (Phi) is 6.76. The Labute approximate surface area is 234 Å². The van der Waals surface area contributed by atoms with Gasteiger partial charge in [0.1, 0.15) is 10.6 Å². The predicted molar refractivity (Wildman–Crippen MR) is 160 cm³/mol. The van der Waals surface area contributed by atoms with Crippen molar-refractivity contribution in [2.24, 2.45) is 0 Å². The quantitative estimate of drug-likeness (QED) is 0.197. The van der Waals surface area contributed by atoms with Gasteiger partial charge in [0.2, 0.25) is 0 Å². The van der Waals surface area contributed by atoms with E-state index >= 15 is 0 Å². The van der Waals surface area contributed by atoms with Crippen LogP contribution in [0.25, 0.3) is 16.8 Å². The van der Waals surface area contributed by atoms with Gasteiger partial charge in [0.15, 0.2) is 5.82 Å². The Morgan fingerprint density at radius 3 is 2.46 bits per heavy atom. The number of aromatic nitrogens is 3. The van der Waals surface area contributed by atoms with Crippen LogP contribution in [0, 0.1) is 0 Å². The van der Waals surface area contributed by atoms with Crippen molar-refractivity contribution in [3.05, 3.63) is 105 Å². The van der Waals surface area contributed by atoms with Gasteiger partial charge in [-0.2, -0.15) is 5.10 Å². The van der Waals surface area contributed by atoms with Crippen LogP contribution in [0.15, 0.2) is 83.3 Å². The fourth-order valence-corrected chi connectivity index (χ4v) is 5.74. The summed E-state index contributed by atoms with van der Waals surface area (Å²) in [5, 5.41) is 12.8. The SMILES string of the molecule is S=C(Nc1ccccc1)c1c(-c2ccc(Br)cc2)c2c3n(nc(CNc4ccc(Cl)cc4)n13)CCCC2. The Balaban J connectivity index is 1.53. The molecule has 5 aromatic rings. The van der Waals surface area contributed by atoms with E-state index in [1.165, 1.54) is 11.1 Å². The van der Waals surface area contributed by atoms with Crippen LogP contribution >= 0.6 is 39.7 Å². The van der Waals surface area contributed by atoms with Crippen LogP contribution in [0.3, 0.4) is 0 Å². The molecule has 0 atom stereocenters. The van der Waals surface area contributed by atoms with E-state index in [-0.39, 0.29) is 0 Å². The van der Waals surface area contributed by atoms with E-state index in [0.717, 1.165) is 64.4 Å². The van der Waals surface area contributed by atoms with E-state index in [1.54, 1.807) is 0 Å². The number of para-hydroxylation sites is 1.